The molecule has 2 heteroatoms. The normalized spacial score (nSPS) is 18.8. The van der Waals surface area contributed by atoms with Gasteiger partial charge in [0.15, 0.2) is 0 Å². The molecule has 0 aliphatic heterocycles. The summed E-state index contributed by atoms with van der Waals surface area (Å²) in [5.74, 6) is 0.961. The molecule has 1 saturated carbocycles. The van der Waals surface area contributed by atoms with E-state index in [2.05, 4.69) is 19.9 Å². The Morgan fingerprint density at radius 1 is 1.12 bits per heavy atom. The van der Waals surface area contributed by atoms with Crippen molar-refractivity contribution in [3.63, 3.8) is 0 Å². The lowest BCUT2D eigenvalue weighted by molar-refractivity contribution is 0.408. The van der Waals surface area contributed by atoms with Gasteiger partial charge in [-0.1, -0.05) is 18.9 Å². The summed E-state index contributed by atoms with van der Waals surface area (Å²) in [5, 5.41) is 0. The Bertz CT molecular complexity index is 392. The van der Waals surface area contributed by atoms with Crippen LogP contribution < -0.4 is 10.5 Å². The largest absolute Gasteiger partial charge is 0.496 e. The molecule has 1 fully saturated rings. The van der Waals surface area contributed by atoms with Crippen molar-refractivity contribution in [2.24, 2.45) is 5.73 Å². The molecule has 0 aromatic heterocycles. The molecule has 0 saturated heterocycles. The molecule has 0 radical (unpaired) electrons. The van der Waals surface area contributed by atoms with Crippen LogP contribution in [0.5, 0.6) is 5.75 Å². The van der Waals surface area contributed by atoms with Gasteiger partial charge in [0.05, 0.1) is 7.11 Å². The Hall–Kier alpha value is -1.02. The van der Waals surface area contributed by atoms with Crippen molar-refractivity contribution >= 4 is 0 Å². The van der Waals surface area contributed by atoms with Gasteiger partial charge < -0.3 is 10.5 Å². The average Bonchev–Trinajstić information content (AvgIpc) is 2.70. The lowest BCUT2D eigenvalue weighted by atomic mass is 9.84. The molecule has 1 aromatic rings. The summed E-state index contributed by atoms with van der Waals surface area (Å²) in [4.78, 5) is 0. The average molecular weight is 219 g/mol. The molecule has 0 heterocycles. The van der Waals surface area contributed by atoms with Crippen LogP contribution in [0, 0.1) is 13.8 Å². The van der Waals surface area contributed by atoms with Crippen LogP contribution in [0.1, 0.15) is 42.4 Å². The summed E-state index contributed by atoms with van der Waals surface area (Å²) in [7, 11) is 1.72. The first-order chi connectivity index (χ1) is 7.58. The lowest BCUT2D eigenvalue weighted by Gasteiger charge is -2.27. The van der Waals surface area contributed by atoms with E-state index in [0.717, 1.165) is 18.6 Å². The van der Waals surface area contributed by atoms with Crippen LogP contribution in [0.15, 0.2) is 12.1 Å². The van der Waals surface area contributed by atoms with E-state index in [9.17, 15) is 0 Å². The van der Waals surface area contributed by atoms with Gasteiger partial charge in [-0.15, -0.1) is 0 Å². The van der Waals surface area contributed by atoms with Crippen molar-refractivity contribution in [2.75, 3.05) is 7.11 Å². The summed E-state index contributed by atoms with van der Waals surface area (Å²) >= 11 is 0. The second kappa shape index (κ2) is 4.10. The van der Waals surface area contributed by atoms with Crippen LogP contribution in [0.3, 0.4) is 0 Å². The Labute approximate surface area is 97.8 Å². The maximum absolute atomic E-state index is 6.50. The number of hydrogen-bond acceptors (Lipinski definition) is 2. The van der Waals surface area contributed by atoms with E-state index in [-0.39, 0.29) is 5.54 Å². The predicted octanol–water partition coefficient (Wildman–Crippen LogP) is 3.04. The Balaban J connectivity index is 2.46. The molecule has 2 nitrogen and oxygen atoms in total. The Kier molecular flexibility index (Phi) is 2.94. The van der Waals surface area contributed by atoms with Crippen LogP contribution in [-0.2, 0) is 5.54 Å². The first-order valence-corrected chi connectivity index (χ1v) is 6.02. The highest BCUT2D eigenvalue weighted by molar-refractivity contribution is 5.46. The Morgan fingerprint density at radius 2 is 1.75 bits per heavy atom. The van der Waals surface area contributed by atoms with E-state index >= 15 is 0 Å². The number of hydrogen-bond donors (Lipinski definition) is 1. The summed E-state index contributed by atoms with van der Waals surface area (Å²) in [6, 6.07) is 4.19. The second-order valence-corrected chi connectivity index (χ2v) is 4.93. The minimum Gasteiger partial charge on any atom is -0.496 e. The van der Waals surface area contributed by atoms with Crippen LogP contribution in [0.25, 0.3) is 0 Å². The molecule has 2 N–H and O–H groups in total. The summed E-state index contributed by atoms with van der Waals surface area (Å²) in [5.41, 5.74) is 10.2. The standard InChI is InChI=1S/C14H21NO/c1-10-11(2)13(16-3)7-6-12(10)14(15)8-4-5-9-14/h6-7H,4-5,8-9,15H2,1-3H3. The highest BCUT2D eigenvalue weighted by atomic mass is 16.5. The molecule has 2 rings (SSSR count). The first-order valence-electron chi connectivity index (χ1n) is 6.02. The summed E-state index contributed by atoms with van der Waals surface area (Å²) < 4.78 is 5.34. The fraction of sp³-hybridized carbons (Fsp3) is 0.571. The van der Waals surface area contributed by atoms with Gasteiger partial charge in [0.2, 0.25) is 0 Å². The lowest BCUT2D eigenvalue weighted by Crippen LogP contribution is -2.34. The molecule has 1 aromatic carbocycles. The van der Waals surface area contributed by atoms with Crippen molar-refractivity contribution in [1.82, 2.24) is 0 Å². The van der Waals surface area contributed by atoms with Gasteiger partial charge in [0, 0.05) is 5.54 Å². The highest BCUT2D eigenvalue weighted by Crippen LogP contribution is 2.39. The van der Waals surface area contributed by atoms with E-state index in [1.54, 1.807) is 7.11 Å². The minimum absolute atomic E-state index is 0.0961. The smallest absolute Gasteiger partial charge is 0.122 e. The zero-order valence-electron chi connectivity index (χ0n) is 10.5. The van der Waals surface area contributed by atoms with Crippen molar-refractivity contribution in [3.8, 4) is 5.75 Å². The summed E-state index contributed by atoms with van der Waals surface area (Å²) in [6.45, 7) is 4.26. The van der Waals surface area contributed by atoms with E-state index in [0.29, 0.717) is 0 Å². The molecule has 0 bridgehead atoms. The van der Waals surface area contributed by atoms with Crippen molar-refractivity contribution in [3.05, 3.63) is 28.8 Å². The number of benzene rings is 1. The van der Waals surface area contributed by atoms with E-state index in [4.69, 9.17) is 10.5 Å². The predicted molar refractivity (Wildman–Crippen MR) is 66.8 cm³/mol. The second-order valence-electron chi connectivity index (χ2n) is 4.93. The molecule has 88 valence electrons. The van der Waals surface area contributed by atoms with E-state index in [1.165, 1.54) is 29.5 Å². The van der Waals surface area contributed by atoms with E-state index < -0.39 is 0 Å². The maximum atomic E-state index is 6.50. The minimum atomic E-state index is -0.0961. The molecular formula is C14H21NO. The fourth-order valence-electron chi connectivity index (χ4n) is 2.83. The van der Waals surface area contributed by atoms with Crippen molar-refractivity contribution < 1.29 is 4.74 Å². The van der Waals surface area contributed by atoms with Gasteiger partial charge in [0.1, 0.15) is 5.75 Å². The molecule has 16 heavy (non-hydrogen) atoms. The van der Waals surface area contributed by atoms with Gasteiger partial charge in [-0.25, -0.2) is 0 Å². The molecule has 1 aliphatic carbocycles. The SMILES string of the molecule is COc1ccc(C2(N)CCCC2)c(C)c1C. The van der Waals surface area contributed by atoms with Crippen molar-refractivity contribution in [2.45, 2.75) is 45.1 Å². The zero-order valence-corrected chi connectivity index (χ0v) is 10.5. The number of ether oxygens (including phenoxy) is 1. The third-order valence-electron chi connectivity index (χ3n) is 3.99. The molecule has 0 unspecified atom stereocenters. The number of rotatable bonds is 2. The monoisotopic (exact) mass is 219 g/mol. The highest BCUT2D eigenvalue weighted by Gasteiger charge is 2.32. The number of methoxy groups -OCH3 is 1. The molecule has 0 spiro atoms. The van der Waals surface area contributed by atoms with E-state index in [1.807, 2.05) is 6.07 Å². The van der Waals surface area contributed by atoms with Gasteiger partial charge in [-0.3, -0.25) is 0 Å². The third kappa shape index (κ3) is 1.71. The molecular weight excluding hydrogens is 198 g/mol. The van der Waals surface area contributed by atoms with Gasteiger partial charge >= 0.3 is 0 Å². The van der Waals surface area contributed by atoms with Crippen LogP contribution in [0.2, 0.25) is 0 Å². The third-order valence-corrected chi connectivity index (χ3v) is 3.99. The number of nitrogens with two attached hydrogens (primary N) is 1. The first kappa shape index (κ1) is 11.5. The molecule has 0 atom stereocenters. The zero-order chi connectivity index (χ0) is 11.8. The fourth-order valence-corrected chi connectivity index (χ4v) is 2.83. The topological polar surface area (TPSA) is 35.2 Å². The summed E-state index contributed by atoms with van der Waals surface area (Å²) in [6.07, 6.45) is 4.72. The van der Waals surface area contributed by atoms with Crippen LogP contribution >= 0.6 is 0 Å². The van der Waals surface area contributed by atoms with Crippen LogP contribution in [-0.4, -0.2) is 7.11 Å². The quantitative estimate of drug-likeness (QED) is 0.829. The Morgan fingerprint density at radius 3 is 2.31 bits per heavy atom. The maximum Gasteiger partial charge on any atom is 0.122 e. The van der Waals surface area contributed by atoms with Gasteiger partial charge in [-0.2, -0.15) is 0 Å². The molecule has 1 aliphatic rings. The van der Waals surface area contributed by atoms with Gasteiger partial charge in [-0.05, 0) is 49.4 Å². The van der Waals surface area contributed by atoms with Crippen LogP contribution in [0.4, 0.5) is 0 Å². The van der Waals surface area contributed by atoms with Crippen molar-refractivity contribution in [1.29, 1.82) is 0 Å². The van der Waals surface area contributed by atoms with Gasteiger partial charge in [0.25, 0.3) is 0 Å². The molecule has 0 amide bonds.